The summed E-state index contributed by atoms with van der Waals surface area (Å²) in [6.07, 6.45) is 6.69. The number of aliphatic imine (C=N–C) groups is 2. The van der Waals surface area contributed by atoms with Crippen LogP contribution in [0.3, 0.4) is 0 Å². The molecule has 0 spiro atoms. The van der Waals surface area contributed by atoms with Crippen molar-refractivity contribution < 1.29 is 0 Å². The summed E-state index contributed by atoms with van der Waals surface area (Å²) in [5.41, 5.74) is 7.36. The van der Waals surface area contributed by atoms with Crippen molar-refractivity contribution in [1.29, 1.82) is 0 Å². The number of imidazole rings is 1. The first kappa shape index (κ1) is 20.7. The van der Waals surface area contributed by atoms with Crippen molar-refractivity contribution >= 4 is 18.1 Å². The minimum absolute atomic E-state index is 0.0839. The van der Waals surface area contributed by atoms with Crippen LogP contribution in [0.25, 0.3) is 16.9 Å². The summed E-state index contributed by atoms with van der Waals surface area (Å²) >= 11 is 0. The fourth-order valence-electron chi connectivity index (χ4n) is 3.12. The summed E-state index contributed by atoms with van der Waals surface area (Å²) in [6, 6.07) is 12.8. The van der Waals surface area contributed by atoms with E-state index in [-0.39, 0.29) is 5.41 Å². The first-order chi connectivity index (χ1) is 13.8. The molecule has 0 aliphatic rings. The monoisotopic (exact) mass is 386 g/mol. The Balaban J connectivity index is 2.28. The third-order valence-corrected chi connectivity index (χ3v) is 4.73. The van der Waals surface area contributed by atoms with Crippen LogP contribution >= 0.6 is 0 Å². The van der Waals surface area contributed by atoms with E-state index in [1.54, 1.807) is 6.20 Å². The summed E-state index contributed by atoms with van der Waals surface area (Å²) in [7, 11) is 0. The normalized spacial score (nSPS) is 12.8. The van der Waals surface area contributed by atoms with Gasteiger partial charge in [0.05, 0.1) is 17.1 Å². The summed E-state index contributed by atoms with van der Waals surface area (Å²) < 4.78 is 2.13. The quantitative estimate of drug-likeness (QED) is 0.485. The Bertz CT molecular complexity index is 1060. The van der Waals surface area contributed by atoms with E-state index in [0.717, 1.165) is 34.7 Å². The van der Waals surface area contributed by atoms with Crippen LogP contribution < -0.4 is 0 Å². The summed E-state index contributed by atoms with van der Waals surface area (Å²) in [5.74, 6) is 0. The van der Waals surface area contributed by atoms with Gasteiger partial charge in [-0.2, -0.15) is 0 Å². The topological polar surface area (TPSA) is 42.0 Å². The Morgan fingerprint density at radius 2 is 1.90 bits per heavy atom. The van der Waals surface area contributed by atoms with Gasteiger partial charge < -0.3 is 0 Å². The number of hydrogen-bond acceptors (Lipinski definition) is 3. The largest absolute Gasteiger partial charge is 0.298 e. The number of pyridine rings is 1. The lowest BCUT2D eigenvalue weighted by Crippen LogP contribution is -2.13. The molecule has 0 unspecified atom stereocenters. The minimum Gasteiger partial charge on any atom is -0.298 e. The molecule has 0 atom stereocenters. The lowest BCUT2D eigenvalue weighted by molar-refractivity contribution is 0.430. The lowest BCUT2D eigenvalue weighted by Gasteiger charge is -2.15. The fourth-order valence-corrected chi connectivity index (χ4v) is 3.12. The molecule has 1 aromatic carbocycles. The van der Waals surface area contributed by atoms with Crippen LogP contribution in [0.5, 0.6) is 0 Å². The number of aromatic nitrogens is 2. The number of fused-ring (bicyclic) bond motifs is 1. The van der Waals surface area contributed by atoms with Crippen LogP contribution in [0.4, 0.5) is 0 Å². The summed E-state index contributed by atoms with van der Waals surface area (Å²) in [4.78, 5) is 13.9. The fraction of sp³-hybridized carbons (Fsp3) is 0.320. The van der Waals surface area contributed by atoms with Crippen molar-refractivity contribution in [3.63, 3.8) is 0 Å². The van der Waals surface area contributed by atoms with Gasteiger partial charge in [-0.1, -0.05) is 57.5 Å². The van der Waals surface area contributed by atoms with Gasteiger partial charge in [0.25, 0.3) is 0 Å². The van der Waals surface area contributed by atoms with E-state index >= 15 is 0 Å². The number of benzene rings is 1. The second-order valence-electron chi connectivity index (χ2n) is 8.55. The Morgan fingerprint density at radius 1 is 1.17 bits per heavy atom. The Morgan fingerprint density at radius 3 is 2.52 bits per heavy atom. The number of allylic oxidation sites excluding steroid dienone is 1. The zero-order chi connectivity index (χ0) is 21.0. The minimum atomic E-state index is 0.0839. The smallest absolute Gasteiger partial charge is 0.138 e. The second-order valence-corrected chi connectivity index (χ2v) is 8.55. The molecule has 2 aromatic heterocycles. The molecule has 0 N–H and O–H groups in total. The molecule has 2 heterocycles. The number of rotatable bonds is 6. The van der Waals surface area contributed by atoms with Gasteiger partial charge in [0, 0.05) is 24.5 Å². The molecule has 150 valence electrons. The molecule has 4 nitrogen and oxygen atoms in total. The molecule has 0 aliphatic heterocycles. The molecule has 4 heteroatoms. The molecule has 3 aromatic rings. The van der Waals surface area contributed by atoms with Gasteiger partial charge in [-0.25, -0.2) is 4.98 Å². The molecule has 3 rings (SSSR count). The Kier molecular flexibility index (Phi) is 6.12. The first-order valence-electron chi connectivity index (χ1n) is 10.1. The predicted molar refractivity (Wildman–Crippen MR) is 124 cm³/mol. The third-order valence-electron chi connectivity index (χ3n) is 4.73. The van der Waals surface area contributed by atoms with E-state index in [1.165, 1.54) is 11.1 Å². The molecule has 0 radical (unpaired) electrons. The van der Waals surface area contributed by atoms with Crippen molar-refractivity contribution in [1.82, 2.24) is 9.38 Å². The molecule has 0 amide bonds. The van der Waals surface area contributed by atoms with Gasteiger partial charge in [0.15, 0.2) is 0 Å². The van der Waals surface area contributed by atoms with Crippen LogP contribution in [-0.4, -0.2) is 28.4 Å². The van der Waals surface area contributed by atoms with Crippen molar-refractivity contribution in [3.05, 3.63) is 71.7 Å². The Hall–Kier alpha value is -3.01. The highest BCUT2D eigenvalue weighted by Gasteiger charge is 2.19. The van der Waals surface area contributed by atoms with Gasteiger partial charge in [-0.05, 0) is 49.2 Å². The molecular formula is C25H30N4. The number of aryl methyl sites for hydroxylation is 2. The Labute approximate surface area is 173 Å². The van der Waals surface area contributed by atoms with Crippen LogP contribution in [0, 0.1) is 12.3 Å². The number of hydrogen-bond donors (Lipinski definition) is 0. The van der Waals surface area contributed by atoms with E-state index in [4.69, 9.17) is 9.98 Å². The SMILES string of the molecule is C=N/C=C\C(=NCC(C)(C)C)c1c(-c2ccc(C)cc2)nc2cc(CC)ccn12. The van der Waals surface area contributed by atoms with Gasteiger partial charge in [-0.3, -0.25) is 14.4 Å². The van der Waals surface area contributed by atoms with Gasteiger partial charge in [-0.15, -0.1) is 0 Å². The molecule has 29 heavy (non-hydrogen) atoms. The predicted octanol–water partition coefficient (Wildman–Crippen LogP) is 5.92. The van der Waals surface area contributed by atoms with E-state index < -0.39 is 0 Å². The zero-order valence-electron chi connectivity index (χ0n) is 18.1. The lowest BCUT2D eigenvalue weighted by atomic mass is 9.97. The van der Waals surface area contributed by atoms with Gasteiger partial charge in [0.1, 0.15) is 5.65 Å². The summed E-state index contributed by atoms with van der Waals surface area (Å²) in [5, 5.41) is 0. The molecular weight excluding hydrogens is 356 g/mol. The maximum absolute atomic E-state index is 5.00. The highest BCUT2D eigenvalue weighted by atomic mass is 15.0. The van der Waals surface area contributed by atoms with Crippen molar-refractivity contribution in [3.8, 4) is 11.3 Å². The first-order valence-corrected chi connectivity index (χ1v) is 10.1. The molecule has 0 bridgehead atoms. The third kappa shape index (κ3) is 4.89. The molecule has 0 saturated heterocycles. The second kappa shape index (κ2) is 8.56. The number of nitrogens with zero attached hydrogens (tertiary/aromatic N) is 4. The van der Waals surface area contributed by atoms with Crippen LogP contribution in [-0.2, 0) is 6.42 Å². The van der Waals surface area contributed by atoms with E-state index in [2.05, 4.69) is 93.3 Å². The maximum Gasteiger partial charge on any atom is 0.138 e. The van der Waals surface area contributed by atoms with E-state index in [9.17, 15) is 0 Å². The van der Waals surface area contributed by atoms with Crippen LogP contribution in [0.2, 0.25) is 0 Å². The van der Waals surface area contributed by atoms with Crippen molar-refractivity contribution in [2.45, 2.75) is 41.0 Å². The molecule has 0 aliphatic carbocycles. The average molecular weight is 387 g/mol. The van der Waals surface area contributed by atoms with Crippen molar-refractivity contribution in [2.75, 3.05) is 6.54 Å². The molecule has 0 fully saturated rings. The summed E-state index contributed by atoms with van der Waals surface area (Å²) in [6.45, 7) is 15.1. The van der Waals surface area contributed by atoms with Crippen LogP contribution in [0.15, 0.2) is 64.9 Å². The molecule has 0 saturated carbocycles. The van der Waals surface area contributed by atoms with E-state index in [1.807, 2.05) is 6.08 Å². The zero-order valence-corrected chi connectivity index (χ0v) is 18.1. The highest BCUT2D eigenvalue weighted by molar-refractivity contribution is 6.11. The van der Waals surface area contributed by atoms with Gasteiger partial charge in [0.2, 0.25) is 0 Å². The van der Waals surface area contributed by atoms with Crippen LogP contribution in [0.1, 0.15) is 44.5 Å². The maximum atomic E-state index is 5.00. The standard InChI is InChI=1S/C25H30N4/c1-7-19-13-15-29-22(16-19)28-23(20-10-8-18(2)9-11-20)24(29)21(12-14-26-6)27-17-25(3,4)5/h8-16H,6-7,17H2,1-5H3/b14-12-,27-21?. The van der Waals surface area contributed by atoms with E-state index in [0.29, 0.717) is 6.54 Å². The highest BCUT2D eigenvalue weighted by Crippen LogP contribution is 2.27. The van der Waals surface area contributed by atoms with Gasteiger partial charge >= 0.3 is 0 Å². The van der Waals surface area contributed by atoms with Crippen molar-refractivity contribution in [2.24, 2.45) is 15.4 Å². The average Bonchev–Trinajstić information content (AvgIpc) is 3.06.